The number of methoxy groups -OCH3 is 1. The Bertz CT molecular complexity index is 868. The van der Waals surface area contributed by atoms with Crippen LogP contribution in [0.1, 0.15) is 43.6 Å². The standard InChI is InChI=1S/C21H28N4O3/c1-13-16(10-17(26)27)19(25-8-6-21(3,4)7-9-25)18(14(2)24-13)15-11-22-20(28-5)23-12-15/h11-12H,6-10H2,1-5H3,(H,26,27). The molecule has 28 heavy (non-hydrogen) atoms. The van der Waals surface area contributed by atoms with E-state index in [9.17, 15) is 9.90 Å². The Kier molecular flexibility index (Phi) is 5.54. The van der Waals surface area contributed by atoms with E-state index in [0.29, 0.717) is 11.4 Å². The lowest BCUT2D eigenvalue weighted by Crippen LogP contribution is -2.38. The van der Waals surface area contributed by atoms with Gasteiger partial charge in [-0.15, -0.1) is 0 Å². The van der Waals surface area contributed by atoms with Crippen LogP contribution >= 0.6 is 0 Å². The number of piperidine rings is 1. The fourth-order valence-electron chi connectivity index (χ4n) is 3.81. The third-order valence-corrected chi connectivity index (χ3v) is 5.52. The number of hydrogen-bond acceptors (Lipinski definition) is 6. The van der Waals surface area contributed by atoms with Gasteiger partial charge in [0.2, 0.25) is 0 Å². The molecule has 0 aromatic carbocycles. The van der Waals surface area contributed by atoms with Crippen LogP contribution in [0, 0.1) is 19.3 Å². The number of carboxylic acid groups (broad SMARTS) is 1. The molecule has 1 N–H and O–H groups in total. The predicted octanol–water partition coefficient (Wildman–Crippen LogP) is 3.42. The summed E-state index contributed by atoms with van der Waals surface area (Å²) in [5, 5.41) is 9.51. The Morgan fingerprint density at radius 1 is 1.18 bits per heavy atom. The van der Waals surface area contributed by atoms with Crippen molar-refractivity contribution in [3.63, 3.8) is 0 Å². The smallest absolute Gasteiger partial charge is 0.316 e. The number of aliphatic carboxylic acids is 1. The number of ether oxygens (including phenoxy) is 1. The van der Waals surface area contributed by atoms with Crippen molar-refractivity contribution in [1.29, 1.82) is 0 Å². The molecule has 7 nitrogen and oxygen atoms in total. The molecule has 7 heteroatoms. The monoisotopic (exact) mass is 384 g/mol. The van der Waals surface area contributed by atoms with E-state index in [-0.39, 0.29) is 6.42 Å². The topological polar surface area (TPSA) is 88.4 Å². The van der Waals surface area contributed by atoms with Gasteiger partial charge in [-0.05, 0) is 32.1 Å². The van der Waals surface area contributed by atoms with Gasteiger partial charge in [-0.3, -0.25) is 9.78 Å². The number of anilines is 1. The highest BCUT2D eigenvalue weighted by atomic mass is 16.5. The van der Waals surface area contributed by atoms with Crippen molar-refractivity contribution in [2.24, 2.45) is 5.41 Å². The lowest BCUT2D eigenvalue weighted by atomic mass is 9.82. The van der Waals surface area contributed by atoms with Crippen LogP contribution in [0.2, 0.25) is 0 Å². The second-order valence-corrected chi connectivity index (χ2v) is 8.16. The molecule has 0 saturated carbocycles. The lowest BCUT2D eigenvalue weighted by molar-refractivity contribution is -0.136. The van der Waals surface area contributed by atoms with Crippen molar-refractivity contribution in [2.45, 2.75) is 47.0 Å². The quantitative estimate of drug-likeness (QED) is 0.845. The van der Waals surface area contributed by atoms with E-state index >= 15 is 0 Å². The number of carboxylic acids is 1. The van der Waals surface area contributed by atoms with E-state index in [1.54, 1.807) is 12.4 Å². The van der Waals surface area contributed by atoms with Gasteiger partial charge in [-0.25, -0.2) is 9.97 Å². The third kappa shape index (κ3) is 4.08. The summed E-state index contributed by atoms with van der Waals surface area (Å²) in [4.78, 5) is 27.0. The second-order valence-electron chi connectivity index (χ2n) is 8.16. The van der Waals surface area contributed by atoms with E-state index in [2.05, 4.69) is 33.7 Å². The highest BCUT2D eigenvalue weighted by Gasteiger charge is 2.30. The third-order valence-electron chi connectivity index (χ3n) is 5.52. The Morgan fingerprint density at radius 3 is 2.32 bits per heavy atom. The van der Waals surface area contributed by atoms with E-state index in [0.717, 1.165) is 59.7 Å². The zero-order valence-corrected chi connectivity index (χ0v) is 17.2. The summed E-state index contributed by atoms with van der Waals surface area (Å²) in [5.74, 6) is -0.857. The van der Waals surface area contributed by atoms with Gasteiger partial charge in [0.05, 0.1) is 19.2 Å². The van der Waals surface area contributed by atoms with Gasteiger partial charge in [-0.2, -0.15) is 0 Å². The van der Waals surface area contributed by atoms with Crippen LogP contribution < -0.4 is 9.64 Å². The highest BCUT2D eigenvalue weighted by Crippen LogP contribution is 2.41. The van der Waals surface area contributed by atoms with Gasteiger partial charge >= 0.3 is 12.0 Å². The Hall–Kier alpha value is -2.70. The molecular formula is C21H28N4O3. The number of nitrogens with zero attached hydrogens (tertiary/aromatic N) is 4. The number of rotatable bonds is 5. The molecule has 2 aromatic heterocycles. The molecule has 0 atom stereocenters. The lowest BCUT2D eigenvalue weighted by Gasteiger charge is -2.40. The zero-order chi connectivity index (χ0) is 20.5. The van der Waals surface area contributed by atoms with Gasteiger partial charge < -0.3 is 14.7 Å². The number of aromatic nitrogens is 3. The Labute approximate surface area is 165 Å². The summed E-state index contributed by atoms with van der Waals surface area (Å²) in [5.41, 5.74) is 5.35. The van der Waals surface area contributed by atoms with Crippen LogP contribution in [0.15, 0.2) is 12.4 Å². The minimum Gasteiger partial charge on any atom is -0.481 e. The summed E-state index contributed by atoms with van der Waals surface area (Å²) >= 11 is 0. The molecule has 150 valence electrons. The number of carbonyl (C=O) groups is 1. The maximum atomic E-state index is 11.6. The normalized spacial score (nSPS) is 16.1. The van der Waals surface area contributed by atoms with Gasteiger partial charge in [-0.1, -0.05) is 13.8 Å². The fraction of sp³-hybridized carbons (Fsp3) is 0.524. The first kappa shape index (κ1) is 20.0. The molecule has 1 saturated heterocycles. The number of pyridine rings is 1. The Morgan fingerprint density at radius 2 is 1.79 bits per heavy atom. The Balaban J connectivity index is 2.17. The van der Waals surface area contributed by atoms with E-state index in [4.69, 9.17) is 4.74 Å². The SMILES string of the molecule is COc1ncc(-c2c(C)nc(C)c(CC(=O)O)c2N2CCC(C)(C)CC2)cn1. The molecule has 0 aliphatic carbocycles. The fourth-order valence-corrected chi connectivity index (χ4v) is 3.81. The molecule has 1 aliphatic heterocycles. The first-order valence-electron chi connectivity index (χ1n) is 9.55. The van der Waals surface area contributed by atoms with E-state index < -0.39 is 5.97 Å². The molecule has 0 spiro atoms. The van der Waals surface area contributed by atoms with Gasteiger partial charge in [0.25, 0.3) is 0 Å². The van der Waals surface area contributed by atoms with E-state index in [1.807, 2.05) is 13.8 Å². The molecule has 2 aromatic rings. The average Bonchev–Trinajstić information content (AvgIpc) is 2.64. The summed E-state index contributed by atoms with van der Waals surface area (Å²) in [6.45, 7) is 10.2. The number of aryl methyl sites for hydroxylation is 2. The average molecular weight is 384 g/mol. The van der Waals surface area contributed by atoms with Crippen molar-refractivity contribution in [1.82, 2.24) is 15.0 Å². The first-order valence-corrected chi connectivity index (χ1v) is 9.55. The van der Waals surface area contributed by atoms with Crippen LogP contribution in [-0.4, -0.2) is 46.2 Å². The van der Waals surface area contributed by atoms with Crippen molar-refractivity contribution in [3.8, 4) is 17.1 Å². The zero-order valence-electron chi connectivity index (χ0n) is 17.2. The van der Waals surface area contributed by atoms with Crippen LogP contribution in [0.5, 0.6) is 6.01 Å². The highest BCUT2D eigenvalue weighted by molar-refractivity contribution is 5.86. The largest absolute Gasteiger partial charge is 0.481 e. The maximum absolute atomic E-state index is 11.6. The van der Waals surface area contributed by atoms with Crippen molar-refractivity contribution in [3.05, 3.63) is 29.3 Å². The van der Waals surface area contributed by atoms with Crippen molar-refractivity contribution >= 4 is 11.7 Å². The summed E-state index contributed by atoms with van der Waals surface area (Å²) < 4.78 is 5.07. The van der Waals surface area contributed by atoms with Gasteiger partial charge in [0, 0.05) is 53.6 Å². The maximum Gasteiger partial charge on any atom is 0.316 e. The van der Waals surface area contributed by atoms with Crippen LogP contribution in [-0.2, 0) is 11.2 Å². The van der Waals surface area contributed by atoms with Crippen LogP contribution in [0.4, 0.5) is 5.69 Å². The molecule has 1 aliphatic rings. The molecule has 3 heterocycles. The van der Waals surface area contributed by atoms with Crippen LogP contribution in [0.3, 0.4) is 0 Å². The molecule has 3 rings (SSSR count). The van der Waals surface area contributed by atoms with Crippen LogP contribution in [0.25, 0.3) is 11.1 Å². The summed E-state index contributed by atoms with van der Waals surface area (Å²) in [6, 6.07) is 0.300. The minimum atomic E-state index is -0.857. The van der Waals surface area contributed by atoms with E-state index in [1.165, 1.54) is 7.11 Å². The minimum absolute atomic E-state index is 0.0572. The van der Waals surface area contributed by atoms with Crippen molar-refractivity contribution < 1.29 is 14.6 Å². The van der Waals surface area contributed by atoms with Crippen molar-refractivity contribution in [2.75, 3.05) is 25.1 Å². The first-order chi connectivity index (χ1) is 13.2. The van der Waals surface area contributed by atoms with Gasteiger partial charge in [0.1, 0.15) is 0 Å². The molecule has 0 radical (unpaired) electrons. The van der Waals surface area contributed by atoms with Gasteiger partial charge in [0.15, 0.2) is 0 Å². The molecule has 1 fully saturated rings. The molecule has 0 bridgehead atoms. The second kappa shape index (κ2) is 7.73. The summed E-state index contributed by atoms with van der Waals surface area (Å²) in [6.07, 6.45) is 5.48. The number of hydrogen-bond donors (Lipinski definition) is 1. The molecule has 0 amide bonds. The predicted molar refractivity (Wildman–Crippen MR) is 108 cm³/mol. The summed E-state index contributed by atoms with van der Waals surface area (Å²) in [7, 11) is 1.53. The molecule has 0 unspecified atom stereocenters. The molecular weight excluding hydrogens is 356 g/mol.